The molecular formula is C21H26N4S. The van der Waals surface area contributed by atoms with Crippen molar-refractivity contribution in [3.63, 3.8) is 0 Å². The van der Waals surface area contributed by atoms with Crippen LogP contribution in [-0.2, 0) is 0 Å². The van der Waals surface area contributed by atoms with E-state index >= 15 is 0 Å². The highest BCUT2D eigenvalue weighted by molar-refractivity contribution is 7.97. The Morgan fingerprint density at radius 1 is 1.27 bits per heavy atom. The maximum absolute atomic E-state index is 4.43. The molecule has 3 aromatic rings. The van der Waals surface area contributed by atoms with Crippen LogP contribution in [-0.4, -0.2) is 40.5 Å². The molecule has 2 atom stereocenters. The molecule has 1 aromatic carbocycles. The molecule has 1 N–H and O–H groups in total. The zero-order valence-electron chi connectivity index (χ0n) is 15.6. The van der Waals surface area contributed by atoms with E-state index in [2.05, 4.69) is 76.5 Å². The fourth-order valence-corrected chi connectivity index (χ4v) is 4.96. The Morgan fingerprint density at radius 2 is 2.15 bits per heavy atom. The van der Waals surface area contributed by atoms with E-state index in [-0.39, 0.29) is 0 Å². The predicted octanol–water partition coefficient (Wildman–Crippen LogP) is 4.73. The van der Waals surface area contributed by atoms with Gasteiger partial charge in [-0.25, -0.2) is 9.29 Å². The number of nitrogens with zero attached hydrogens (tertiary/aromatic N) is 3. The third kappa shape index (κ3) is 3.46. The van der Waals surface area contributed by atoms with Crippen LogP contribution < -0.4 is 4.90 Å². The van der Waals surface area contributed by atoms with E-state index in [9.17, 15) is 0 Å². The number of hydrogen-bond acceptors (Lipinski definition) is 4. The largest absolute Gasteiger partial charge is 0.369 e. The molecule has 4 nitrogen and oxygen atoms in total. The molecule has 0 unspecified atom stereocenters. The summed E-state index contributed by atoms with van der Waals surface area (Å²) >= 11 is 1.89. The number of anilines is 1. The lowest BCUT2D eigenvalue weighted by Crippen LogP contribution is -2.49. The zero-order chi connectivity index (χ0) is 18.1. The smallest absolute Gasteiger partial charge is 0.139 e. The molecule has 0 radical (unpaired) electrons. The molecule has 136 valence electrons. The highest BCUT2D eigenvalue weighted by Gasteiger charge is 2.30. The summed E-state index contributed by atoms with van der Waals surface area (Å²) in [7, 11) is 2.23. The van der Waals surface area contributed by atoms with Crippen LogP contribution in [0.3, 0.4) is 0 Å². The molecule has 5 heteroatoms. The lowest BCUT2D eigenvalue weighted by atomic mass is 9.93. The summed E-state index contributed by atoms with van der Waals surface area (Å²) in [4.78, 5) is 11.4. The van der Waals surface area contributed by atoms with Crippen molar-refractivity contribution in [2.75, 3.05) is 25.0 Å². The van der Waals surface area contributed by atoms with Gasteiger partial charge in [0.05, 0.1) is 0 Å². The number of aromatic nitrogens is 2. The van der Waals surface area contributed by atoms with Crippen LogP contribution in [0.5, 0.6) is 0 Å². The Morgan fingerprint density at radius 3 is 3.00 bits per heavy atom. The number of likely N-dealkylation sites (N-methyl/N-ethyl adjacent to an activating group) is 1. The van der Waals surface area contributed by atoms with Crippen LogP contribution in [0.2, 0.25) is 0 Å². The molecule has 0 spiro atoms. The van der Waals surface area contributed by atoms with Gasteiger partial charge >= 0.3 is 0 Å². The normalized spacial score (nSPS) is 21.2. The maximum Gasteiger partial charge on any atom is 0.139 e. The molecule has 0 aliphatic carbocycles. The van der Waals surface area contributed by atoms with Crippen LogP contribution in [0.1, 0.15) is 18.9 Å². The van der Waals surface area contributed by atoms with Crippen molar-refractivity contribution in [2.24, 2.45) is 5.92 Å². The molecule has 4 rings (SSSR count). The average molecular weight is 367 g/mol. The summed E-state index contributed by atoms with van der Waals surface area (Å²) in [6.45, 7) is 6.74. The van der Waals surface area contributed by atoms with Gasteiger partial charge in [-0.3, -0.25) is 0 Å². The number of aryl methyl sites for hydroxylation is 1. The quantitative estimate of drug-likeness (QED) is 0.677. The minimum atomic E-state index is 0.488. The second-order valence-electron chi connectivity index (χ2n) is 7.31. The monoisotopic (exact) mass is 366 g/mol. The first kappa shape index (κ1) is 17.4. The zero-order valence-corrected chi connectivity index (χ0v) is 16.5. The molecule has 26 heavy (non-hydrogen) atoms. The van der Waals surface area contributed by atoms with Gasteiger partial charge in [0, 0.05) is 54.5 Å². The van der Waals surface area contributed by atoms with E-state index in [0.29, 0.717) is 12.0 Å². The summed E-state index contributed by atoms with van der Waals surface area (Å²) in [6, 6.07) is 13.5. The summed E-state index contributed by atoms with van der Waals surface area (Å²) in [5.74, 6) is 0.663. The number of fused-ring (bicyclic) bond motifs is 1. The van der Waals surface area contributed by atoms with Gasteiger partial charge in [0.15, 0.2) is 0 Å². The van der Waals surface area contributed by atoms with E-state index < -0.39 is 0 Å². The van der Waals surface area contributed by atoms with Crippen molar-refractivity contribution in [3.8, 4) is 0 Å². The molecule has 1 aliphatic rings. The summed E-state index contributed by atoms with van der Waals surface area (Å²) < 4.78 is 2.52. The number of H-pyrrole nitrogens is 1. The van der Waals surface area contributed by atoms with E-state index in [1.54, 1.807) is 0 Å². The van der Waals surface area contributed by atoms with Crippen LogP contribution in [0.25, 0.3) is 11.0 Å². The van der Waals surface area contributed by atoms with E-state index in [1.807, 2.05) is 24.3 Å². The summed E-state index contributed by atoms with van der Waals surface area (Å²) in [5.41, 5.74) is 3.54. The summed E-state index contributed by atoms with van der Waals surface area (Å²) in [6.07, 6.45) is 5.09. The van der Waals surface area contributed by atoms with E-state index in [1.165, 1.54) is 28.0 Å². The van der Waals surface area contributed by atoms with Crippen molar-refractivity contribution in [1.82, 2.24) is 14.3 Å². The third-order valence-electron chi connectivity index (χ3n) is 5.42. The molecule has 0 amide bonds. The summed E-state index contributed by atoms with van der Waals surface area (Å²) in [5, 5.41) is 1.20. The Bertz CT molecular complexity index is 890. The van der Waals surface area contributed by atoms with E-state index in [0.717, 1.165) is 18.7 Å². The van der Waals surface area contributed by atoms with Gasteiger partial charge in [0.1, 0.15) is 5.65 Å². The fourth-order valence-electron chi connectivity index (χ4n) is 3.86. The van der Waals surface area contributed by atoms with Crippen LogP contribution in [0, 0.1) is 12.8 Å². The number of benzene rings is 1. The average Bonchev–Trinajstić information content (AvgIpc) is 3.11. The van der Waals surface area contributed by atoms with Crippen molar-refractivity contribution in [3.05, 3.63) is 54.4 Å². The van der Waals surface area contributed by atoms with E-state index in [4.69, 9.17) is 0 Å². The van der Waals surface area contributed by atoms with Gasteiger partial charge < -0.3 is 9.88 Å². The second-order valence-corrected chi connectivity index (χ2v) is 8.48. The Balaban J connectivity index is 1.54. The number of pyridine rings is 1. The topological polar surface area (TPSA) is 35.2 Å². The van der Waals surface area contributed by atoms with Gasteiger partial charge in [-0.1, -0.05) is 19.1 Å². The molecule has 0 saturated carbocycles. The van der Waals surface area contributed by atoms with Gasteiger partial charge in [-0.05, 0) is 61.0 Å². The first-order chi connectivity index (χ1) is 12.6. The molecule has 2 aromatic heterocycles. The van der Waals surface area contributed by atoms with Gasteiger partial charge in [-0.2, -0.15) is 0 Å². The number of piperidine rings is 1. The number of aromatic amines is 1. The molecule has 0 bridgehead atoms. The Labute approximate surface area is 159 Å². The van der Waals surface area contributed by atoms with Gasteiger partial charge in [0.25, 0.3) is 0 Å². The number of hydrogen-bond donors (Lipinski definition) is 1. The maximum atomic E-state index is 4.43. The van der Waals surface area contributed by atoms with Crippen molar-refractivity contribution < 1.29 is 0 Å². The Hall–Kier alpha value is -1.98. The predicted molar refractivity (Wildman–Crippen MR) is 111 cm³/mol. The minimum absolute atomic E-state index is 0.488. The van der Waals surface area contributed by atoms with Crippen molar-refractivity contribution in [1.29, 1.82) is 0 Å². The third-order valence-corrected chi connectivity index (χ3v) is 6.47. The molecular weight excluding hydrogens is 340 g/mol. The van der Waals surface area contributed by atoms with Crippen LogP contribution in [0.4, 0.5) is 5.69 Å². The number of rotatable bonds is 4. The standard InChI is InChI=1S/C21H26N4S/c1-15-5-4-6-17(13-15)26-25-12-9-16(2)20(14-25)24(3)19-8-11-23-21-18(19)7-10-22-21/h4-8,10-11,13,16,20H,9,12,14H2,1-3H3,(H,22,23)/t16-,20+/m1/s1. The molecule has 1 fully saturated rings. The van der Waals surface area contributed by atoms with Gasteiger partial charge in [0.2, 0.25) is 0 Å². The molecule has 1 aliphatic heterocycles. The fraction of sp³-hybridized carbons (Fsp3) is 0.381. The van der Waals surface area contributed by atoms with Crippen LogP contribution in [0.15, 0.2) is 53.7 Å². The first-order valence-electron chi connectivity index (χ1n) is 9.26. The molecule has 1 saturated heterocycles. The Kier molecular flexibility index (Phi) is 4.92. The van der Waals surface area contributed by atoms with Crippen molar-refractivity contribution >= 4 is 28.7 Å². The molecule has 3 heterocycles. The first-order valence-corrected chi connectivity index (χ1v) is 10.0. The minimum Gasteiger partial charge on any atom is -0.369 e. The van der Waals surface area contributed by atoms with Gasteiger partial charge in [-0.15, -0.1) is 0 Å². The highest BCUT2D eigenvalue weighted by atomic mass is 32.2. The second kappa shape index (κ2) is 7.33. The lowest BCUT2D eigenvalue weighted by molar-refractivity contribution is 0.262. The highest BCUT2D eigenvalue weighted by Crippen LogP contribution is 2.33. The van der Waals surface area contributed by atoms with Crippen molar-refractivity contribution in [2.45, 2.75) is 31.2 Å². The number of nitrogens with one attached hydrogen (secondary N) is 1. The lowest BCUT2D eigenvalue weighted by Gasteiger charge is -2.42. The van der Waals surface area contributed by atoms with Crippen LogP contribution >= 0.6 is 11.9 Å². The SMILES string of the molecule is Cc1cccc(SN2CC[C@@H](C)[C@@H](N(C)c3ccnc4[nH]ccc34)C2)c1.